The normalized spacial score (nSPS) is 13.6. The Balaban J connectivity index is 0. The minimum absolute atomic E-state index is 0.00556. The molecule has 1 aromatic rings. The number of ketones is 1. The lowest BCUT2D eigenvalue weighted by molar-refractivity contribution is -0.128. The second-order valence-electron chi connectivity index (χ2n) is 8.18. The highest BCUT2D eigenvalue weighted by atomic mass is 32.2. The molecule has 1 aromatic heterocycles. The second-order valence-corrected chi connectivity index (χ2v) is 10.4. The molecule has 37 heavy (non-hydrogen) atoms. The SMILES string of the molecule is CC.CC.CSC(=N[C@H](C)C(=O)NC(C(C)=O)C(C)C)c1csc(CNC(=O)C[C@H](C)/C=C/CCS)n1. The van der Waals surface area contributed by atoms with Crippen LogP contribution in [0.4, 0.5) is 0 Å². The molecular formula is C27H48N4O3S3. The van der Waals surface area contributed by atoms with Crippen LogP contribution in [0.15, 0.2) is 22.5 Å². The van der Waals surface area contributed by atoms with E-state index in [0.29, 0.717) is 23.7 Å². The number of hydrogen-bond donors (Lipinski definition) is 3. The molecule has 1 rings (SSSR count). The summed E-state index contributed by atoms with van der Waals surface area (Å²) in [6.45, 7) is 17.3. The summed E-state index contributed by atoms with van der Waals surface area (Å²) in [5.41, 5.74) is 0.673. The Kier molecular flexibility index (Phi) is 22.6. The standard InChI is InChI=1S/C23H36N4O3S3.2C2H6/c1-14(2)21(17(5)28)27-22(30)16(4)25-23(32-6)18-13-33-20(26-18)12-24-19(29)11-15(3)9-7-8-10-31;2*1-2/h7,9,13-16,21,31H,8,10-12H2,1-6H3,(H,24,29)(H,27,30);2*1-2H3/b9-7+,25-23?;;/t15-,16-,21?;;/m1../s1. The molecule has 0 fully saturated rings. The first-order chi connectivity index (χ1) is 17.6. The topological polar surface area (TPSA) is 101 Å². The monoisotopic (exact) mass is 572 g/mol. The maximum absolute atomic E-state index is 12.5. The predicted octanol–water partition coefficient (Wildman–Crippen LogP) is 5.94. The summed E-state index contributed by atoms with van der Waals surface area (Å²) in [5.74, 6) is 0.571. The second kappa shape index (κ2) is 22.3. The fraction of sp³-hybridized carbons (Fsp3) is 0.667. The molecule has 0 spiro atoms. The number of aromatic nitrogens is 1. The van der Waals surface area contributed by atoms with Crippen molar-refractivity contribution >= 4 is 58.4 Å². The van der Waals surface area contributed by atoms with Gasteiger partial charge in [0.25, 0.3) is 0 Å². The van der Waals surface area contributed by atoms with Crippen molar-refractivity contribution in [3.8, 4) is 0 Å². The van der Waals surface area contributed by atoms with Gasteiger partial charge in [0.15, 0.2) is 5.78 Å². The lowest BCUT2D eigenvalue weighted by atomic mass is 10.0. The minimum atomic E-state index is -0.657. The molecular weight excluding hydrogens is 525 g/mol. The summed E-state index contributed by atoms with van der Waals surface area (Å²) in [4.78, 5) is 45.6. The van der Waals surface area contributed by atoms with Crippen molar-refractivity contribution in [2.75, 3.05) is 12.0 Å². The number of carbonyl (C=O) groups is 3. The molecule has 1 heterocycles. The minimum Gasteiger partial charge on any atom is -0.350 e. The number of hydrogen-bond acceptors (Lipinski definition) is 8. The van der Waals surface area contributed by atoms with Gasteiger partial charge >= 0.3 is 0 Å². The number of carbonyl (C=O) groups excluding carboxylic acids is 3. The fourth-order valence-corrected chi connectivity index (χ4v) is 4.49. The highest BCUT2D eigenvalue weighted by molar-refractivity contribution is 8.13. The number of nitrogens with one attached hydrogen (secondary N) is 2. The number of amides is 2. The summed E-state index contributed by atoms with van der Waals surface area (Å²) in [6.07, 6.45) is 7.27. The van der Waals surface area contributed by atoms with Crippen molar-refractivity contribution in [2.45, 2.75) is 93.8 Å². The first-order valence-electron chi connectivity index (χ1n) is 13.0. The van der Waals surface area contributed by atoms with E-state index in [1.165, 1.54) is 30.0 Å². The molecule has 10 heteroatoms. The van der Waals surface area contributed by atoms with Gasteiger partial charge in [0.2, 0.25) is 11.8 Å². The average molecular weight is 573 g/mol. The molecule has 0 saturated carbocycles. The molecule has 1 unspecified atom stereocenters. The van der Waals surface area contributed by atoms with Gasteiger partial charge in [0.1, 0.15) is 21.8 Å². The molecule has 0 bridgehead atoms. The van der Waals surface area contributed by atoms with Gasteiger partial charge < -0.3 is 10.6 Å². The van der Waals surface area contributed by atoms with Crippen molar-refractivity contribution in [3.05, 3.63) is 28.2 Å². The summed E-state index contributed by atoms with van der Waals surface area (Å²) in [5, 5.41) is 8.98. The Bertz CT molecular complexity index is 854. The van der Waals surface area contributed by atoms with Crippen LogP contribution in [0.1, 0.15) is 85.9 Å². The van der Waals surface area contributed by atoms with Crippen LogP contribution >= 0.6 is 35.7 Å². The van der Waals surface area contributed by atoms with Gasteiger partial charge in [-0.3, -0.25) is 19.4 Å². The highest BCUT2D eigenvalue weighted by Crippen LogP contribution is 2.17. The van der Waals surface area contributed by atoms with Crippen molar-refractivity contribution in [2.24, 2.45) is 16.8 Å². The van der Waals surface area contributed by atoms with E-state index in [2.05, 4.69) is 33.2 Å². The van der Waals surface area contributed by atoms with Gasteiger partial charge in [0, 0.05) is 11.8 Å². The van der Waals surface area contributed by atoms with E-state index in [1.54, 1.807) is 6.92 Å². The number of nitrogens with zero attached hydrogens (tertiary/aromatic N) is 2. The number of rotatable bonds is 13. The summed E-state index contributed by atoms with van der Waals surface area (Å²) >= 11 is 7.01. The summed E-state index contributed by atoms with van der Waals surface area (Å²) in [6, 6.07) is -1.18. The molecule has 0 aliphatic carbocycles. The molecule has 212 valence electrons. The molecule has 0 radical (unpaired) electrons. The Morgan fingerprint density at radius 1 is 1.16 bits per heavy atom. The highest BCUT2D eigenvalue weighted by Gasteiger charge is 2.24. The Labute approximate surface area is 238 Å². The van der Waals surface area contributed by atoms with Gasteiger partial charge in [-0.15, -0.1) is 23.1 Å². The van der Waals surface area contributed by atoms with Crippen LogP contribution in [-0.4, -0.2) is 51.7 Å². The zero-order valence-corrected chi connectivity index (χ0v) is 26.8. The third-order valence-electron chi connectivity index (χ3n) is 4.76. The molecule has 0 aliphatic rings. The maximum Gasteiger partial charge on any atom is 0.245 e. The van der Waals surface area contributed by atoms with Crippen molar-refractivity contribution in [1.29, 1.82) is 0 Å². The van der Waals surface area contributed by atoms with Crippen LogP contribution in [0.3, 0.4) is 0 Å². The van der Waals surface area contributed by atoms with Crippen molar-refractivity contribution in [1.82, 2.24) is 15.6 Å². The van der Waals surface area contributed by atoms with Crippen LogP contribution < -0.4 is 10.6 Å². The van der Waals surface area contributed by atoms with E-state index < -0.39 is 12.1 Å². The number of thioether (sulfide) groups is 1. The van der Waals surface area contributed by atoms with E-state index in [9.17, 15) is 14.4 Å². The molecule has 2 amide bonds. The van der Waals surface area contributed by atoms with Crippen LogP contribution in [0.2, 0.25) is 0 Å². The smallest absolute Gasteiger partial charge is 0.245 e. The quantitative estimate of drug-likeness (QED) is 0.118. The van der Waals surface area contributed by atoms with E-state index >= 15 is 0 Å². The maximum atomic E-state index is 12.5. The Morgan fingerprint density at radius 2 is 1.78 bits per heavy atom. The largest absolute Gasteiger partial charge is 0.350 e. The predicted molar refractivity (Wildman–Crippen MR) is 165 cm³/mol. The lowest BCUT2D eigenvalue weighted by Gasteiger charge is -2.20. The number of thiazole rings is 1. The third-order valence-corrected chi connectivity index (χ3v) is 6.57. The molecule has 7 nitrogen and oxygen atoms in total. The average Bonchev–Trinajstić information content (AvgIpc) is 3.35. The Morgan fingerprint density at radius 3 is 2.30 bits per heavy atom. The molecule has 3 atom stereocenters. The first-order valence-corrected chi connectivity index (χ1v) is 15.7. The zero-order chi connectivity index (χ0) is 29.0. The van der Waals surface area contributed by atoms with Crippen molar-refractivity contribution in [3.63, 3.8) is 0 Å². The van der Waals surface area contributed by atoms with Crippen molar-refractivity contribution < 1.29 is 14.4 Å². The van der Waals surface area contributed by atoms with Gasteiger partial charge in [-0.2, -0.15) is 12.6 Å². The number of thiol groups is 1. The van der Waals surface area contributed by atoms with E-state index in [-0.39, 0.29) is 29.4 Å². The zero-order valence-electron chi connectivity index (χ0n) is 24.3. The van der Waals surface area contributed by atoms with Gasteiger partial charge in [0.05, 0.1) is 12.6 Å². The summed E-state index contributed by atoms with van der Waals surface area (Å²) < 4.78 is 0. The summed E-state index contributed by atoms with van der Waals surface area (Å²) in [7, 11) is 0. The van der Waals surface area contributed by atoms with E-state index in [4.69, 9.17) is 0 Å². The lowest BCUT2D eigenvalue weighted by Crippen LogP contribution is -2.46. The van der Waals surface area contributed by atoms with Gasteiger partial charge in [-0.05, 0) is 44.1 Å². The number of Topliss-reactive ketones (excluding diaryl/α,β-unsaturated/α-hetero) is 1. The van der Waals surface area contributed by atoms with Crippen LogP contribution in [0, 0.1) is 11.8 Å². The number of allylic oxidation sites excluding steroid dienone is 2. The van der Waals surface area contributed by atoms with Crippen LogP contribution in [0.25, 0.3) is 0 Å². The molecule has 0 aliphatic heterocycles. The first kappa shape index (κ1) is 37.5. The Hall–Kier alpha value is -1.65. The molecule has 0 saturated heterocycles. The van der Waals surface area contributed by atoms with Crippen LogP contribution in [0.5, 0.6) is 0 Å². The van der Waals surface area contributed by atoms with Gasteiger partial charge in [-0.1, -0.05) is 60.6 Å². The fourth-order valence-electron chi connectivity index (χ4n) is 2.97. The molecule has 2 N–H and O–H groups in total. The molecule has 0 aromatic carbocycles. The van der Waals surface area contributed by atoms with Crippen LogP contribution in [-0.2, 0) is 20.9 Å². The third kappa shape index (κ3) is 16.0. The number of aliphatic imine (C=N–C) groups is 1. The van der Waals surface area contributed by atoms with E-state index in [1.807, 2.05) is 72.3 Å². The van der Waals surface area contributed by atoms with E-state index in [0.717, 1.165) is 17.2 Å². The van der Waals surface area contributed by atoms with Gasteiger partial charge in [-0.25, -0.2) is 4.98 Å².